The van der Waals surface area contributed by atoms with Gasteiger partial charge in [0.05, 0.1) is 18.8 Å². The molecule has 1 rings (SSSR count). The van der Waals surface area contributed by atoms with E-state index >= 15 is 0 Å². The molecule has 0 aromatic heterocycles. The summed E-state index contributed by atoms with van der Waals surface area (Å²) in [5.41, 5.74) is 5.34. The summed E-state index contributed by atoms with van der Waals surface area (Å²) in [4.78, 5) is 0. The second-order valence-electron chi connectivity index (χ2n) is 2.38. The van der Waals surface area contributed by atoms with Gasteiger partial charge in [-0.3, -0.25) is 0 Å². The molecule has 0 amide bonds. The molecule has 2 atom stereocenters. The highest BCUT2D eigenvalue weighted by atomic mass is 16.5. The normalized spacial score (nSPS) is 35.3. The molecule has 0 saturated carbocycles. The Balaban J connectivity index is 2.20. The van der Waals surface area contributed by atoms with Gasteiger partial charge in [-0.15, -0.1) is 0 Å². The molecule has 1 aliphatic rings. The molecule has 0 spiro atoms. The molecule has 3 nitrogen and oxygen atoms in total. The first-order chi connectivity index (χ1) is 4.36. The van der Waals surface area contributed by atoms with Crippen LogP contribution in [0.5, 0.6) is 0 Å². The summed E-state index contributed by atoms with van der Waals surface area (Å²) in [7, 11) is 0. The van der Waals surface area contributed by atoms with Crippen molar-refractivity contribution >= 4 is 0 Å². The van der Waals surface area contributed by atoms with E-state index in [9.17, 15) is 0 Å². The smallest absolute Gasteiger partial charge is 0.0811 e. The molecular formula is C6H13NO2. The largest absolute Gasteiger partial charge is 0.394 e. The first kappa shape index (κ1) is 6.99. The van der Waals surface area contributed by atoms with Gasteiger partial charge < -0.3 is 15.6 Å². The highest BCUT2D eigenvalue weighted by Gasteiger charge is 2.22. The molecule has 3 heteroatoms. The van der Waals surface area contributed by atoms with E-state index in [1.807, 2.05) is 0 Å². The monoisotopic (exact) mass is 131 g/mol. The standard InChI is InChI=1S/C6H13NO2/c7-3-5-1-2-6(4-8)9-5/h5-6,8H,1-4,7H2. The topological polar surface area (TPSA) is 55.5 Å². The summed E-state index contributed by atoms with van der Waals surface area (Å²) in [6.07, 6.45) is 2.21. The van der Waals surface area contributed by atoms with Gasteiger partial charge >= 0.3 is 0 Å². The Morgan fingerprint density at radius 2 is 2.11 bits per heavy atom. The SMILES string of the molecule is NCC1CCC(CO)O1. The van der Waals surface area contributed by atoms with Crippen molar-refractivity contribution in [1.82, 2.24) is 0 Å². The molecule has 0 bridgehead atoms. The van der Waals surface area contributed by atoms with Crippen LogP contribution in [0.15, 0.2) is 0 Å². The van der Waals surface area contributed by atoms with Crippen molar-refractivity contribution in [2.24, 2.45) is 5.73 Å². The molecule has 9 heavy (non-hydrogen) atoms. The number of nitrogens with two attached hydrogens (primary N) is 1. The number of ether oxygens (including phenoxy) is 1. The zero-order chi connectivity index (χ0) is 6.69. The van der Waals surface area contributed by atoms with Gasteiger partial charge in [0.15, 0.2) is 0 Å². The molecular weight excluding hydrogens is 118 g/mol. The Labute approximate surface area is 54.8 Å². The van der Waals surface area contributed by atoms with Crippen LogP contribution >= 0.6 is 0 Å². The number of aliphatic hydroxyl groups excluding tert-OH is 1. The van der Waals surface area contributed by atoms with E-state index in [-0.39, 0.29) is 18.8 Å². The van der Waals surface area contributed by atoms with Crippen LogP contribution in [-0.2, 0) is 4.74 Å². The van der Waals surface area contributed by atoms with Crippen LogP contribution in [0.4, 0.5) is 0 Å². The molecule has 1 aliphatic heterocycles. The van der Waals surface area contributed by atoms with Gasteiger partial charge in [0.1, 0.15) is 0 Å². The van der Waals surface area contributed by atoms with E-state index in [2.05, 4.69) is 0 Å². The second-order valence-corrected chi connectivity index (χ2v) is 2.38. The van der Waals surface area contributed by atoms with E-state index in [0.717, 1.165) is 12.8 Å². The third-order valence-electron chi connectivity index (χ3n) is 1.66. The first-order valence-electron chi connectivity index (χ1n) is 3.33. The Morgan fingerprint density at radius 1 is 1.44 bits per heavy atom. The minimum Gasteiger partial charge on any atom is -0.394 e. The Morgan fingerprint density at radius 3 is 2.44 bits per heavy atom. The minimum atomic E-state index is 0.0542. The van der Waals surface area contributed by atoms with Crippen LogP contribution < -0.4 is 5.73 Å². The number of hydrogen-bond donors (Lipinski definition) is 2. The molecule has 3 N–H and O–H groups in total. The fourth-order valence-corrected chi connectivity index (χ4v) is 1.09. The Kier molecular flexibility index (Phi) is 2.45. The number of aliphatic hydroxyl groups is 1. The molecule has 0 radical (unpaired) electrons. The number of rotatable bonds is 2. The van der Waals surface area contributed by atoms with Crippen LogP contribution in [0.3, 0.4) is 0 Å². The lowest BCUT2D eigenvalue weighted by atomic mass is 10.2. The Hall–Kier alpha value is -0.120. The van der Waals surface area contributed by atoms with E-state index < -0.39 is 0 Å². The fourth-order valence-electron chi connectivity index (χ4n) is 1.09. The maximum atomic E-state index is 8.61. The van der Waals surface area contributed by atoms with Crippen molar-refractivity contribution in [2.75, 3.05) is 13.2 Å². The first-order valence-corrected chi connectivity index (χ1v) is 3.33. The maximum absolute atomic E-state index is 8.61. The molecule has 0 aromatic carbocycles. The van der Waals surface area contributed by atoms with Gasteiger partial charge in [-0.2, -0.15) is 0 Å². The van der Waals surface area contributed by atoms with Crippen LogP contribution in [0.2, 0.25) is 0 Å². The lowest BCUT2D eigenvalue weighted by Gasteiger charge is -2.07. The zero-order valence-electron chi connectivity index (χ0n) is 5.42. The quantitative estimate of drug-likeness (QED) is 0.530. The molecule has 54 valence electrons. The third kappa shape index (κ3) is 1.64. The molecule has 0 aliphatic carbocycles. The van der Waals surface area contributed by atoms with Gasteiger partial charge in [-0.1, -0.05) is 0 Å². The van der Waals surface area contributed by atoms with Gasteiger partial charge in [0.2, 0.25) is 0 Å². The van der Waals surface area contributed by atoms with Crippen molar-refractivity contribution in [3.05, 3.63) is 0 Å². The zero-order valence-corrected chi connectivity index (χ0v) is 5.42. The number of hydrogen-bond acceptors (Lipinski definition) is 3. The van der Waals surface area contributed by atoms with Crippen LogP contribution in [0, 0.1) is 0 Å². The second kappa shape index (κ2) is 3.15. The summed E-state index contributed by atoms with van der Waals surface area (Å²) < 4.78 is 5.28. The van der Waals surface area contributed by atoms with Crippen LogP contribution in [0.1, 0.15) is 12.8 Å². The van der Waals surface area contributed by atoms with Gasteiger partial charge in [-0.25, -0.2) is 0 Å². The average molecular weight is 131 g/mol. The van der Waals surface area contributed by atoms with Gasteiger partial charge in [-0.05, 0) is 12.8 Å². The summed E-state index contributed by atoms with van der Waals surface area (Å²) >= 11 is 0. The van der Waals surface area contributed by atoms with Crippen molar-refractivity contribution in [2.45, 2.75) is 25.0 Å². The predicted molar refractivity (Wildman–Crippen MR) is 34.0 cm³/mol. The fraction of sp³-hybridized carbons (Fsp3) is 1.00. The summed E-state index contributed by atoms with van der Waals surface area (Å²) in [6, 6.07) is 0. The lowest BCUT2D eigenvalue weighted by Crippen LogP contribution is -2.21. The minimum absolute atomic E-state index is 0.0542. The van der Waals surface area contributed by atoms with E-state index in [0.29, 0.717) is 6.54 Å². The highest BCUT2D eigenvalue weighted by molar-refractivity contribution is 4.72. The summed E-state index contributed by atoms with van der Waals surface area (Å²) in [6.45, 7) is 0.715. The lowest BCUT2D eigenvalue weighted by molar-refractivity contribution is 0.0158. The van der Waals surface area contributed by atoms with Crippen molar-refractivity contribution in [3.63, 3.8) is 0 Å². The van der Waals surface area contributed by atoms with Crippen molar-refractivity contribution in [1.29, 1.82) is 0 Å². The van der Waals surface area contributed by atoms with E-state index in [1.54, 1.807) is 0 Å². The Bertz CT molecular complexity index is 77.1. The molecule has 2 unspecified atom stereocenters. The highest BCUT2D eigenvalue weighted by Crippen LogP contribution is 2.17. The van der Waals surface area contributed by atoms with E-state index in [1.165, 1.54) is 0 Å². The van der Waals surface area contributed by atoms with Gasteiger partial charge in [0.25, 0.3) is 0 Å². The van der Waals surface area contributed by atoms with Crippen LogP contribution in [-0.4, -0.2) is 30.5 Å². The molecule has 1 saturated heterocycles. The molecule has 1 heterocycles. The van der Waals surface area contributed by atoms with Crippen molar-refractivity contribution < 1.29 is 9.84 Å². The van der Waals surface area contributed by atoms with Gasteiger partial charge in [0, 0.05) is 6.54 Å². The van der Waals surface area contributed by atoms with Crippen LogP contribution in [0.25, 0.3) is 0 Å². The summed E-state index contributed by atoms with van der Waals surface area (Å²) in [5, 5.41) is 8.61. The average Bonchev–Trinajstić information content (AvgIpc) is 2.34. The maximum Gasteiger partial charge on any atom is 0.0811 e. The third-order valence-corrected chi connectivity index (χ3v) is 1.66. The molecule has 1 fully saturated rings. The van der Waals surface area contributed by atoms with E-state index in [4.69, 9.17) is 15.6 Å². The van der Waals surface area contributed by atoms with Crippen molar-refractivity contribution in [3.8, 4) is 0 Å². The predicted octanol–water partition coefficient (Wildman–Crippen LogP) is -0.515. The molecule has 0 aromatic rings. The summed E-state index contributed by atoms with van der Waals surface area (Å²) in [5.74, 6) is 0.